The largest absolute Gasteiger partial charge is 0.372 e. The van der Waals surface area contributed by atoms with Crippen molar-refractivity contribution in [2.24, 2.45) is 0 Å². The molecular weight excluding hydrogens is 418 g/mol. The van der Waals surface area contributed by atoms with E-state index in [-0.39, 0.29) is 5.91 Å². The topological polar surface area (TPSA) is 57.2 Å². The third-order valence-corrected chi connectivity index (χ3v) is 6.43. The van der Waals surface area contributed by atoms with Gasteiger partial charge in [0.2, 0.25) is 5.91 Å². The third-order valence-electron chi connectivity index (χ3n) is 6.12. The summed E-state index contributed by atoms with van der Waals surface area (Å²) in [6.45, 7) is 5.42. The average Bonchev–Trinajstić information content (AvgIpc) is 3.19. The number of H-pyrrole nitrogens is 1. The number of hydrogen-bond acceptors (Lipinski definition) is 4. The highest BCUT2D eigenvalue weighted by Crippen LogP contribution is 2.21. The molecule has 0 saturated carbocycles. The van der Waals surface area contributed by atoms with Gasteiger partial charge in [0.15, 0.2) is 10.6 Å². The van der Waals surface area contributed by atoms with Crippen molar-refractivity contribution < 1.29 is 4.79 Å². The summed E-state index contributed by atoms with van der Waals surface area (Å²) in [5, 5.41) is 7.23. The van der Waals surface area contributed by atoms with Crippen LogP contribution in [0.2, 0.25) is 0 Å². The number of aryl methyl sites for hydroxylation is 1. The van der Waals surface area contributed by atoms with Crippen LogP contribution in [0.25, 0.3) is 11.4 Å². The highest BCUT2D eigenvalue weighted by Gasteiger charge is 2.14. The molecule has 0 unspecified atom stereocenters. The van der Waals surface area contributed by atoms with E-state index >= 15 is 0 Å². The summed E-state index contributed by atoms with van der Waals surface area (Å²) in [4.78, 5) is 17.0. The van der Waals surface area contributed by atoms with Crippen molar-refractivity contribution in [2.75, 3.05) is 25.0 Å². The van der Waals surface area contributed by atoms with E-state index in [0.717, 1.165) is 30.0 Å². The lowest BCUT2D eigenvalue weighted by molar-refractivity contribution is -0.130. The van der Waals surface area contributed by atoms with E-state index < -0.39 is 0 Å². The zero-order valence-electron chi connectivity index (χ0n) is 18.9. The number of anilines is 1. The van der Waals surface area contributed by atoms with Crippen LogP contribution in [0, 0.1) is 11.7 Å². The minimum Gasteiger partial charge on any atom is -0.372 e. The number of piperidine rings is 1. The van der Waals surface area contributed by atoms with Gasteiger partial charge in [0.25, 0.3) is 0 Å². The third kappa shape index (κ3) is 5.27. The Morgan fingerprint density at radius 2 is 1.75 bits per heavy atom. The highest BCUT2D eigenvalue weighted by atomic mass is 32.1. The number of rotatable bonds is 7. The molecule has 0 bridgehead atoms. The lowest BCUT2D eigenvalue weighted by Gasteiger charge is -2.29. The van der Waals surface area contributed by atoms with Gasteiger partial charge in [-0.2, -0.15) is 5.10 Å². The van der Waals surface area contributed by atoms with Crippen molar-refractivity contribution in [1.82, 2.24) is 19.7 Å². The van der Waals surface area contributed by atoms with Crippen LogP contribution < -0.4 is 4.90 Å². The molecule has 1 aliphatic heterocycles. The van der Waals surface area contributed by atoms with Crippen LogP contribution in [0.4, 0.5) is 5.69 Å². The summed E-state index contributed by atoms with van der Waals surface area (Å²) in [6, 6.07) is 16.8. The Morgan fingerprint density at radius 3 is 2.44 bits per heavy atom. The molecule has 0 aliphatic carbocycles. The summed E-state index contributed by atoms with van der Waals surface area (Å²) >= 11 is 5.40. The van der Waals surface area contributed by atoms with Crippen molar-refractivity contribution in [3.63, 3.8) is 0 Å². The van der Waals surface area contributed by atoms with Crippen LogP contribution in [0.1, 0.15) is 36.8 Å². The maximum absolute atomic E-state index is 12.8. The number of carbonyl (C=O) groups excluding carboxylic acids is 1. The molecule has 1 aromatic heterocycles. The molecule has 0 radical (unpaired) electrons. The first-order chi connectivity index (χ1) is 15.5. The van der Waals surface area contributed by atoms with Crippen LogP contribution >= 0.6 is 12.2 Å². The molecule has 1 fully saturated rings. The molecule has 7 heteroatoms. The van der Waals surface area contributed by atoms with E-state index in [4.69, 9.17) is 12.2 Å². The molecule has 6 nitrogen and oxygen atoms in total. The quantitative estimate of drug-likeness (QED) is 0.518. The van der Waals surface area contributed by atoms with Crippen LogP contribution in [-0.2, 0) is 17.9 Å². The molecule has 0 spiro atoms. The maximum atomic E-state index is 12.8. The zero-order chi connectivity index (χ0) is 22.5. The number of carbonyl (C=O) groups is 1. The first kappa shape index (κ1) is 22.3. The fourth-order valence-corrected chi connectivity index (χ4v) is 4.40. The van der Waals surface area contributed by atoms with Crippen molar-refractivity contribution in [1.29, 1.82) is 0 Å². The van der Waals surface area contributed by atoms with Crippen molar-refractivity contribution in [3.05, 3.63) is 64.4 Å². The number of benzene rings is 2. The van der Waals surface area contributed by atoms with E-state index in [9.17, 15) is 4.79 Å². The van der Waals surface area contributed by atoms with Crippen LogP contribution in [0.5, 0.6) is 0 Å². The van der Waals surface area contributed by atoms with Gasteiger partial charge in [-0.15, -0.1) is 0 Å². The second kappa shape index (κ2) is 10.1. The molecule has 1 amide bonds. The van der Waals surface area contributed by atoms with E-state index in [2.05, 4.69) is 46.3 Å². The number of aromatic amines is 1. The van der Waals surface area contributed by atoms with Gasteiger partial charge in [-0.1, -0.05) is 42.0 Å². The first-order valence-electron chi connectivity index (χ1n) is 11.3. The minimum atomic E-state index is 0.0862. The summed E-state index contributed by atoms with van der Waals surface area (Å²) in [6.07, 6.45) is 4.24. The number of nitrogens with zero attached hydrogens (tertiary/aromatic N) is 4. The number of nitrogens with one attached hydrogen (secondary N) is 1. The molecule has 32 heavy (non-hydrogen) atoms. The molecular formula is C25H31N5OS. The smallest absolute Gasteiger partial charge is 0.224 e. The molecule has 1 aliphatic rings. The summed E-state index contributed by atoms with van der Waals surface area (Å²) < 4.78 is 2.43. The Labute approximate surface area is 194 Å². The Hall–Kier alpha value is -2.93. The van der Waals surface area contributed by atoms with E-state index in [1.54, 1.807) is 4.90 Å². The predicted molar refractivity (Wildman–Crippen MR) is 131 cm³/mol. The zero-order valence-corrected chi connectivity index (χ0v) is 19.7. The van der Waals surface area contributed by atoms with Gasteiger partial charge in [0.05, 0.1) is 0 Å². The first-order valence-corrected chi connectivity index (χ1v) is 11.7. The van der Waals surface area contributed by atoms with Crippen molar-refractivity contribution >= 4 is 23.8 Å². The van der Waals surface area contributed by atoms with Gasteiger partial charge in [0.1, 0.15) is 0 Å². The van der Waals surface area contributed by atoms with Gasteiger partial charge < -0.3 is 9.80 Å². The maximum Gasteiger partial charge on any atom is 0.224 e. The monoisotopic (exact) mass is 449 g/mol. The summed E-state index contributed by atoms with van der Waals surface area (Å²) in [5.74, 6) is 0.849. The lowest BCUT2D eigenvalue weighted by atomic mass is 10.1. The second-order valence-corrected chi connectivity index (χ2v) is 8.97. The van der Waals surface area contributed by atoms with Gasteiger partial charge in [-0.05, 0) is 56.1 Å². The minimum absolute atomic E-state index is 0.0862. The fourth-order valence-electron chi connectivity index (χ4n) is 4.17. The average molecular weight is 450 g/mol. The lowest BCUT2D eigenvalue weighted by Crippen LogP contribution is -2.29. The number of hydrogen-bond donors (Lipinski definition) is 1. The van der Waals surface area contributed by atoms with Gasteiger partial charge in [0, 0.05) is 50.9 Å². The van der Waals surface area contributed by atoms with Crippen molar-refractivity contribution in [3.8, 4) is 11.4 Å². The molecule has 3 aromatic rings. The number of aromatic nitrogens is 3. The Kier molecular flexibility index (Phi) is 7.05. The standard InChI is InChI=1S/C25H31N5OS/c1-19-6-10-21(11-7-19)24-26-27-25(32)30(24)17-14-23(31)28(2)18-20-8-12-22(13-9-20)29-15-4-3-5-16-29/h6-13H,3-5,14-18H2,1-2H3,(H,27,32). The predicted octanol–water partition coefficient (Wildman–Crippen LogP) is 4.96. The summed E-state index contributed by atoms with van der Waals surface area (Å²) in [7, 11) is 1.86. The van der Waals surface area contributed by atoms with Gasteiger partial charge >= 0.3 is 0 Å². The van der Waals surface area contributed by atoms with E-state index in [1.807, 2.05) is 35.9 Å². The molecule has 1 N–H and O–H groups in total. The van der Waals surface area contributed by atoms with Gasteiger partial charge in [-0.25, -0.2) is 0 Å². The molecule has 168 valence electrons. The van der Waals surface area contributed by atoms with E-state index in [0.29, 0.717) is 24.3 Å². The fraction of sp³-hybridized carbons (Fsp3) is 0.400. The Morgan fingerprint density at radius 1 is 1.06 bits per heavy atom. The van der Waals surface area contributed by atoms with Gasteiger partial charge in [-0.3, -0.25) is 14.5 Å². The molecule has 0 atom stereocenters. The summed E-state index contributed by atoms with van der Waals surface area (Å²) in [5.41, 5.74) is 4.59. The van der Waals surface area contributed by atoms with E-state index in [1.165, 1.54) is 30.5 Å². The SMILES string of the molecule is Cc1ccc(-c2n[nH]c(=S)n2CCC(=O)N(C)Cc2ccc(N3CCCCC3)cc2)cc1. The Bertz CT molecular complexity index is 1090. The molecule has 4 rings (SSSR count). The Balaban J connectivity index is 1.35. The molecule has 1 saturated heterocycles. The van der Waals surface area contributed by atoms with Crippen LogP contribution in [0.3, 0.4) is 0 Å². The second-order valence-electron chi connectivity index (χ2n) is 8.58. The number of amides is 1. The van der Waals surface area contributed by atoms with Crippen LogP contribution in [-0.4, -0.2) is 45.7 Å². The molecule has 2 aromatic carbocycles. The van der Waals surface area contributed by atoms with Crippen molar-refractivity contribution in [2.45, 2.75) is 45.7 Å². The molecule has 2 heterocycles. The van der Waals surface area contributed by atoms with Crippen LogP contribution in [0.15, 0.2) is 48.5 Å². The normalized spacial score (nSPS) is 13.9. The highest BCUT2D eigenvalue weighted by molar-refractivity contribution is 7.71.